The Bertz CT molecular complexity index is 636. The Kier molecular flexibility index (Phi) is 4.93. The number of hydrogen-bond donors (Lipinski definition) is 2. The fourth-order valence-corrected chi connectivity index (χ4v) is 2.91. The molecule has 6 nitrogen and oxygen atoms in total. The minimum atomic E-state index is -0.401. The quantitative estimate of drug-likeness (QED) is 0.883. The third-order valence-electron chi connectivity index (χ3n) is 4.35. The number of H-pyrrole nitrogens is 1. The zero-order valence-corrected chi connectivity index (χ0v) is 13.7. The molecule has 0 bridgehead atoms. The molecular weight excluding hydrogens is 292 g/mol. The van der Waals surface area contributed by atoms with Gasteiger partial charge in [-0.05, 0) is 25.1 Å². The Morgan fingerprint density at radius 3 is 3.04 bits per heavy atom. The van der Waals surface area contributed by atoms with Crippen LogP contribution in [0, 0.1) is 0 Å². The Labute approximate surface area is 136 Å². The van der Waals surface area contributed by atoms with Gasteiger partial charge in [0.1, 0.15) is 11.9 Å². The SMILES string of the molecule is CC[C@@H](NC(=O)[C@@H]1CN(CC)CCO1)c1nc2ccccc2[nH]1. The number of para-hydroxylation sites is 2. The molecule has 6 heteroatoms. The molecule has 1 amide bonds. The summed E-state index contributed by atoms with van der Waals surface area (Å²) in [5.74, 6) is 0.737. The molecule has 124 valence electrons. The maximum absolute atomic E-state index is 12.5. The molecule has 23 heavy (non-hydrogen) atoms. The van der Waals surface area contributed by atoms with Gasteiger partial charge in [-0.25, -0.2) is 4.98 Å². The van der Waals surface area contributed by atoms with Crippen molar-refractivity contribution in [2.24, 2.45) is 0 Å². The number of imidazole rings is 1. The number of nitrogens with one attached hydrogen (secondary N) is 2. The summed E-state index contributed by atoms with van der Waals surface area (Å²) >= 11 is 0. The Balaban J connectivity index is 1.70. The van der Waals surface area contributed by atoms with Gasteiger partial charge in [0.2, 0.25) is 0 Å². The zero-order valence-electron chi connectivity index (χ0n) is 13.7. The number of fused-ring (bicyclic) bond motifs is 1. The maximum Gasteiger partial charge on any atom is 0.251 e. The summed E-state index contributed by atoms with van der Waals surface area (Å²) in [4.78, 5) is 22.6. The number of benzene rings is 1. The number of amides is 1. The number of likely N-dealkylation sites (N-methyl/N-ethyl adjacent to an activating group) is 1. The molecule has 0 spiro atoms. The minimum Gasteiger partial charge on any atom is -0.366 e. The van der Waals surface area contributed by atoms with Crippen LogP contribution in [0.25, 0.3) is 11.0 Å². The van der Waals surface area contributed by atoms with E-state index in [-0.39, 0.29) is 11.9 Å². The Morgan fingerprint density at radius 1 is 1.48 bits per heavy atom. The highest BCUT2D eigenvalue weighted by molar-refractivity contribution is 5.82. The van der Waals surface area contributed by atoms with E-state index in [1.165, 1.54) is 0 Å². The van der Waals surface area contributed by atoms with Gasteiger partial charge in [-0.3, -0.25) is 9.69 Å². The highest BCUT2D eigenvalue weighted by Crippen LogP contribution is 2.19. The molecule has 1 aliphatic rings. The first-order valence-corrected chi connectivity index (χ1v) is 8.30. The van der Waals surface area contributed by atoms with Crippen molar-refractivity contribution in [2.45, 2.75) is 32.4 Å². The van der Waals surface area contributed by atoms with E-state index in [0.29, 0.717) is 13.2 Å². The van der Waals surface area contributed by atoms with Crippen molar-refractivity contribution in [3.05, 3.63) is 30.1 Å². The third kappa shape index (κ3) is 3.54. The van der Waals surface area contributed by atoms with Crippen LogP contribution in [0.15, 0.2) is 24.3 Å². The molecule has 0 saturated carbocycles. The van der Waals surface area contributed by atoms with Crippen molar-refractivity contribution in [2.75, 3.05) is 26.2 Å². The predicted molar refractivity (Wildman–Crippen MR) is 89.1 cm³/mol. The first-order valence-electron chi connectivity index (χ1n) is 8.30. The largest absolute Gasteiger partial charge is 0.366 e. The number of morpholine rings is 1. The van der Waals surface area contributed by atoms with Crippen LogP contribution in [0.1, 0.15) is 32.1 Å². The van der Waals surface area contributed by atoms with Crippen molar-refractivity contribution in [3.8, 4) is 0 Å². The molecule has 1 fully saturated rings. The molecular formula is C17H24N4O2. The van der Waals surface area contributed by atoms with Gasteiger partial charge in [0.15, 0.2) is 0 Å². The van der Waals surface area contributed by atoms with Crippen molar-refractivity contribution in [1.29, 1.82) is 0 Å². The molecule has 1 aromatic carbocycles. The zero-order chi connectivity index (χ0) is 16.2. The van der Waals surface area contributed by atoms with E-state index in [9.17, 15) is 4.79 Å². The number of aromatic amines is 1. The maximum atomic E-state index is 12.5. The molecule has 1 aromatic heterocycles. The van der Waals surface area contributed by atoms with E-state index in [2.05, 4.69) is 27.1 Å². The second-order valence-electron chi connectivity index (χ2n) is 5.86. The molecule has 0 aliphatic carbocycles. The number of nitrogens with zero attached hydrogens (tertiary/aromatic N) is 2. The van der Waals surface area contributed by atoms with Gasteiger partial charge in [-0.2, -0.15) is 0 Å². The lowest BCUT2D eigenvalue weighted by Gasteiger charge is -2.31. The summed E-state index contributed by atoms with van der Waals surface area (Å²) in [5.41, 5.74) is 1.91. The van der Waals surface area contributed by atoms with Crippen LogP contribution in [-0.4, -0.2) is 53.1 Å². The lowest BCUT2D eigenvalue weighted by molar-refractivity contribution is -0.139. The fourth-order valence-electron chi connectivity index (χ4n) is 2.91. The third-order valence-corrected chi connectivity index (χ3v) is 4.35. The topological polar surface area (TPSA) is 70.2 Å². The standard InChI is InChI=1S/C17H24N4O2/c1-3-12(16-18-13-7-5-6-8-14(13)19-16)20-17(22)15-11-21(4-2)9-10-23-15/h5-8,12,15H,3-4,9-11H2,1-2H3,(H,18,19)(H,20,22)/t12-,15+/m1/s1. The smallest absolute Gasteiger partial charge is 0.251 e. The van der Waals surface area contributed by atoms with Gasteiger partial charge in [0.05, 0.1) is 23.7 Å². The number of rotatable bonds is 5. The van der Waals surface area contributed by atoms with E-state index >= 15 is 0 Å². The van der Waals surface area contributed by atoms with Gasteiger partial charge in [-0.1, -0.05) is 26.0 Å². The van der Waals surface area contributed by atoms with E-state index in [1.54, 1.807) is 0 Å². The average Bonchev–Trinajstić information content (AvgIpc) is 3.03. The molecule has 2 heterocycles. The summed E-state index contributed by atoms with van der Waals surface area (Å²) in [6, 6.07) is 7.76. The second-order valence-corrected chi connectivity index (χ2v) is 5.86. The monoisotopic (exact) mass is 316 g/mol. The average molecular weight is 316 g/mol. The molecule has 0 unspecified atom stereocenters. The van der Waals surface area contributed by atoms with Gasteiger partial charge in [0.25, 0.3) is 5.91 Å². The molecule has 1 aliphatic heterocycles. The summed E-state index contributed by atoms with van der Waals surface area (Å²) in [6.45, 7) is 7.23. The molecule has 2 N–H and O–H groups in total. The summed E-state index contributed by atoms with van der Waals surface area (Å²) in [7, 11) is 0. The molecule has 3 rings (SSSR count). The van der Waals surface area contributed by atoms with Gasteiger partial charge < -0.3 is 15.0 Å². The van der Waals surface area contributed by atoms with E-state index in [1.807, 2.05) is 31.2 Å². The number of hydrogen-bond acceptors (Lipinski definition) is 4. The lowest BCUT2D eigenvalue weighted by Crippen LogP contribution is -2.50. The molecule has 0 radical (unpaired) electrons. The first kappa shape index (κ1) is 16.0. The number of ether oxygens (including phenoxy) is 1. The van der Waals surface area contributed by atoms with Gasteiger partial charge in [0, 0.05) is 13.1 Å². The van der Waals surface area contributed by atoms with Gasteiger partial charge in [-0.15, -0.1) is 0 Å². The highest BCUT2D eigenvalue weighted by atomic mass is 16.5. The lowest BCUT2D eigenvalue weighted by atomic mass is 10.2. The second kappa shape index (κ2) is 7.10. The van der Waals surface area contributed by atoms with Crippen LogP contribution in [0.2, 0.25) is 0 Å². The van der Waals surface area contributed by atoms with E-state index < -0.39 is 6.10 Å². The number of carbonyl (C=O) groups excluding carboxylic acids is 1. The van der Waals surface area contributed by atoms with Gasteiger partial charge >= 0.3 is 0 Å². The van der Waals surface area contributed by atoms with Crippen LogP contribution in [0.5, 0.6) is 0 Å². The van der Waals surface area contributed by atoms with Crippen molar-refractivity contribution >= 4 is 16.9 Å². The van der Waals surface area contributed by atoms with Crippen molar-refractivity contribution < 1.29 is 9.53 Å². The van der Waals surface area contributed by atoms with Crippen LogP contribution in [0.3, 0.4) is 0 Å². The van der Waals surface area contributed by atoms with Crippen LogP contribution >= 0.6 is 0 Å². The number of aromatic nitrogens is 2. The van der Waals surface area contributed by atoms with Crippen molar-refractivity contribution in [3.63, 3.8) is 0 Å². The van der Waals surface area contributed by atoms with E-state index in [0.717, 1.165) is 36.4 Å². The Hall–Kier alpha value is -1.92. The first-order chi connectivity index (χ1) is 11.2. The summed E-state index contributed by atoms with van der Waals surface area (Å²) in [5, 5.41) is 3.07. The number of carbonyl (C=O) groups is 1. The van der Waals surface area contributed by atoms with E-state index in [4.69, 9.17) is 4.74 Å². The van der Waals surface area contributed by atoms with Crippen LogP contribution in [-0.2, 0) is 9.53 Å². The predicted octanol–water partition coefficient (Wildman–Crippen LogP) is 1.85. The molecule has 2 atom stereocenters. The van der Waals surface area contributed by atoms with Crippen LogP contribution < -0.4 is 5.32 Å². The molecule has 2 aromatic rings. The Morgan fingerprint density at radius 2 is 2.30 bits per heavy atom. The summed E-state index contributed by atoms with van der Waals surface area (Å²) in [6.07, 6.45) is 0.373. The van der Waals surface area contributed by atoms with Crippen molar-refractivity contribution in [1.82, 2.24) is 20.2 Å². The van der Waals surface area contributed by atoms with Crippen LogP contribution in [0.4, 0.5) is 0 Å². The fraction of sp³-hybridized carbons (Fsp3) is 0.529. The minimum absolute atomic E-state index is 0.0598. The highest BCUT2D eigenvalue weighted by Gasteiger charge is 2.28. The normalized spacial score (nSPS) is 20.5. The molecule has 1 saturated heterocycles. The summed E-state index contributed by atoms with van der Waals surface area (Å²) < 4.78 is 5.63.